The van der Waals surface area contributed by atoms with Gasteiger partial charge in [0, 0.05) is 11.8 Å². The molecule has 1 rings (SSSR count). The molecule has 1 heterocycles. The minimum atomic E-state index is -1.08. The number of nitrogens with one attached hydrogen (secondary N) is 2. The topological polar surface area (TPSA) is 99.3 Å². The zero-order valence-electron chi connectivity index (χ0n) is 9.61. The first-order chi connectivity index (χ1) is 7.95. The molecule has 0 aliphatic carbocycles. The highest BCUT2D eigenvalue weighted by Gasteiger charge is 2.19. The van der Waals surface area contributed by atoms with Crippen molar-refractivity contribution in [3.8, 4) is 0 Å². The second-order valence-corrected chi connectivity index (χ2v) is 3.63. The van der Waals surface area contributed by atoms with Crippen molar-refractivity contribution < 1.29 is 19.5 Å². The number of rotatable bonds is 5. The van der Waals surface area contributed by atoms with Crippen LogP contribution < -0.4 is 5.32 Å². The third kappa shape index (κ3) is 3.17. The van der Waals surface area contributed by atoms with Crippen LogP contribution in [0.5, 0.6) is 0 Å². The first kappa shape index (κ1) is 13.0. The molecule has 1 aromatic heterocycles. The second kappa shape index (κ2) is 5.29. The van der Waals surface area contributed by atoms with Crippen LogP contribution >= 0.6 is 0 Å². The van der Waals surface area contributed by atoms with Crippen LogP contribution in [0.2, 0.25) is 0 Å². The molecule has 0 aliphatic rings. The van der Waals surface area contributed by atoms with Gasteiger partial charge in [-0.2, -0.15) is 0 Å². The Bertz CT molecular complexity index is 450. The number of H-pyrrole nitrogens is 1. The SMILES string of the molecule is CCC(NC(=O)c1cc(C(C)=O)c[nH]1)C(=O)O. The van der Waals surface area contributed by atoms with E-state index in [1.807, 2.05) is 0 Å². The third-order valence-corrected chi connectivity index (χ3v) is 2.35. The van der Waals surface area contributed by atoms with Crippen LogP contribution in [0.25, 0.3) is 0 Å². The van der Waals surface area contributed by atoms with E-state index >= 15 is 0 Å². The van der Waals surface area contributed by atoms with Crippen molar-refractivity contribution in [2.45, 2.75) is 26.3 Å². The zero-order valence-corrected chi connectivity index (χ0v) is 9.61. The predicted octanol–water partition coefficient (Wildman–Crippen LogP) is 0.810. The summed E-state index contributed by atoms with van der Waals surface area (Å²) in [6.07, 6.45) is 1.71. The normalized spacial score (nSPS) is 11.9. The first-order valence-corrected chi connectivity index (χ1v) is 5.18. The summed E-state index contributed by atoms with van der Waals surface area (Å²) in [5.74, 6) is -1.78. The Hall–Kier alpha value is -2.11. The van der Waals surface area contributed by atoms with Gasteiger partial charge in [-0.1, -0.05) is 6.92 Å². The number of aromatic amines is 1. The summed E-state index contributed by atoms with van der Waals surface area (Å²) >= 11 is 0. The average molecular weight is 238 g/mol. The van der Waals surface area contributed by atoms with Gasteiger partial charge in [-0.3, -0.25) is 9.59 Å². The molecule has 0 fully saturated rings. The quantitative estimate of drug-likeness (QED) is 0.661. The van der Waals surface area contributed by atoms with E-state index in [9.17, 15) is 14.4 Å². The molecule has 0 saturated heterocycles. The molecule has 1 aromatic rings. The predicted molar refractivity (Wildman–Crippen MR) is 60.0 cm³/mol. The number of Topliss-reactive ketones (excluding diaryl/α,β-unsaturated/α-hetero) is 1. The summed E-state index contributed by atoms with van der Waals surface area (Å²) < 4.78 is 0. The van der Waals surface area contributed by atoms with Crippen molar-refractivity contribution in [3.05, 3.63) is 23.5 Å². The molecular formula is C11H14N2O4. The maximum Gasteiger partial charge on any atom is 0.326 e. The highest BCUT2D eigenvalue weighted by atomic mass is 16.4. The maximum absolute atomic E-state index is 11.6. The lowest BCUT2D eigenvalue weighted by Crippen LogP contribution is -2.40. The van der Waals surface area contributed by atoms with E-state index < -0.39 is 17.9 Å². The lowest BCUT2D eigenvalue weighted by molar-refractivity contribution is -0.139. The molecule has 3 N–H and O–H groups in total. The average Bonchev–Trinajstić information content (AvgIpc) is 2.74. The van der Waals surface area contributed by atoms with Crippen LogP contribution in [-0.2, 0) is 4.79 Å². The highest BCUT2D eigenvalue weighted by Crippen LogP contribution is 2.05. The highest BCUT2D eigenvalue weighted by molar-refractivity contribution is 6.00. The number of carbonyl (C=O) groups is 3. The minimum Gasteiger partial charge on any atom is -0.480 e. The number of carbonyl (C=O) groups excluding carboxylic acids is 2. The molecule has 92 valence electrons. The van der Waals surface area contributed by atoms with Gasteiger partial charge >= 0.3 is 5.97 Å². The lowest BCUT2D eigenvalue weighted by Gasteiger charge is -2.10. The van der Waals surface area contributed by atoms with E-state index in [4.69, 9.17) is 5.11 Å². The number of aliphatic carboxylic acids is 1. The summed E-state index contributed by atoms with van der Waals surface area (Å²) in [6, 6.07) is 0.471. The molecule has 0 radical (unpaired) electrons. The molecule has 6 nitrogen and oxygen atoms in total. The molecule has 0 aromatic carbocycles. The standard InChI is InChI=1S/C11H14N2O4/c1-3-8(11(16)17)13-10(15)9-4-7(5-12-9)6(2)14/h4-5,8,12H,3H2,1-2H3,(H,13,15)(H,16,17). The molecule has 17 heavy (non-hydrogen) atoms. The summed E-state index contributed by atoms with van der Waals surface area (Å²) in [5.41, 5.74) is 0.563. The van der Waals surface area contributed by atoms with Gasteiger partial charge in [0.1, 0.15) is 11.7 Å². The minimum absolute atomic E-state index is 0.162. The van der Waals surface area contributed by atoms with Gasteiger partial charge in [-0.15, -0.1) is 0 Å². The van der Waals surface area contributed by atoms with Gasteiger partial charge in [0.15, 0.2) is 5.78 Å². The number of hydrogen-bond acceptors (Lipinski definition) is 3. The number of carboxylic acids is 1. The van der Waals surface area contributed by atoms with Gasteiger partial charge in [0.25, 0.3) is 5.91 Å². The Morgan fingerprint density at radius 1 is 1.47 bits per heavy atom. The van der Waals surface area contributed by atoms with Gasteiger partial charge in [-0.05, 0) is 19.4 Å². The fraction of sp³-hybridized carbons (Fsp3) is 0.364. The van der Waals surface area contributed by atoms with Crippen molar-refractivity contribution in [3.63, 3.8) is 0 Å². The number of amides is 1. The maximum atomic E-state index is 11.6. The van der Waals surface area contributed by atoms with Crippen LogP contribution in [0.15, 0.2) is 12.3 Å². The van der Waals surface area contributed by atoms with E-state index in [2.05, 4.69) is 10.3 Å². The molecule has 1 amide bonds. The Kier molecular flexibility index (Phi) is 4.03. The van der Waals surface area contributed by atoms with E-state index in [1.165, 1.54) is 19.2 Å². The van der Waals surface area contributed by atoms with E-state index in [0.717, 1.165) is 0 Å². The Balaban J connectivity index is 2.75. The summed E-state index contributed by atoms with van der Waals surface area (Å²) in [4.78, 5) is 36.0. The van der Waals surface area contributed by atoms with E-state index in [-0.39, 0.29) is 11.5 Å². The number of ketones is 1. The molecule has 1 unspecified atom stereocenters. The van der Waals surface area contributed by atoms with Gasteiger partial charge < -0.3 is 15.4 Å². The van der Waals surface area contributed by atoms with Crippen LogP contribution in [0.1, 0.15) is 41.1 Å². The van der Waals surface area contributed by atoms with Crippen molar-refractivity contribution in [1.29, 1.82) is 0 Å². The van der Waals surface area contributed by atoms with Crippen LogP contribution in [0.3, 0.4) is 0 Å². The number of hydrogen-bond donors (Lipinski definition) is 3. The smallest absolute Gasteiger partial charge is 0.326 e. The van der Waals surface area contributed by atoms with Gasteiger partial charge in [-0.25, -0.2) is 4.79 Å². The summed E-state index contributed by atoms with van der Waals surface area (Å²) in [5, 5.41) is 11.1. The van der Waals surface area contributed by atoms with E-state index in [1.54, 1.807) is 6.92 Å². The summed E-state index contributed by atoms with van der Waals surface area (Å²) in [7, 11) is 0. The van der Waals surface area contributed by atoms with Crippen molar-refractivity contribution in [2.24, 2.45) is 0 Å². The Morgan fingerprint density at radius 2 is 2.12 bits per heavy atom. The lowest BCUT2D eigenvalue weighted by atomic mass is 10.2. The van der Waals surface area contributed by atoms with Crippen molar-refractivity contribution in [2.75, 3.05) is 0 Å². The van der Waals surface area contributed by atoms with E-state index in [0.29, 0.717) is 12.0 Å². The molecular weight excluding hydrogens is 224 g/mol. The molecule has 6 heteroatoms. The molecule has 0 spiro atoms. The molecule has 0 aliphatic heterocycles. The van der Waals surface area contributed by atoms with Gasteiger partial charge in [0.05, 0.1) is 0 Å². The van der Waals surface area contributed by atoms with Crippen LogP contribution in [-0.4, -0.2) is 33.8 Å². The fourth-order valence-corrected chi connectivity index (χ4v) is 1.30. The Labute approximate surface area is 98.0 Å². The summed E-state index contributed by atoms with van der Waals surface area (Å²) in [6.45, 7) is 3.05. The molecule has 1 atom stereocenters. The van der Waals surface area contributed by atoms with Crippen LogP contribution in [0.4, 0.5) is 0 Å². The fourth-order valence-electron chi connectivity index (χ4n) is 1.30. The molecule has 0 bridgehead atoms. The first-order valence-electron chi connectivity index (χ1n) is 5.18. The van der Waals surface area contributed by atoms with Crippen LogP contribution in [0, 0.1) is 0 Å². The molecule has 0 saturated carbocycles. The zero-order chi connectivity index (χ0) is 13.0. The number of carboxylic acid groups (broad SMARTS) is 1. The Morgan fingerprint density at radius 3 is 2.53 bits per heavy atom. The monoisotopic (exact) mass is 238 g/mol. The second-order valence-electron chi connectivity index (χ2n) is 3.63. The number of aromatic nitrogens is 1. The van der Waals surface area contributed by atoms with Crippen molar-refractivity contribution >= 4 is 17.7 Å². The third-order valence-electron chi connectivity index (χ3n) is 2.35. The van der Waals surface area contributed by atoms with Crippen molar-refractivity contribution in [1.82, 2.24) is 10.3 Å². The largest absolute Gasteiger partial charge is 0.480 e. The van der Waals surface area contributed by atoms with Gasteiger partial charge in [0.2, 0.25) is 0 Å².